The van der Waals surface area contributed by atoms with Gasteiger partial charge in [0.15, 0.2) is 0 Å². The number of benzene rings is 1. The van der Waals surface area contributed by atoms with Gasteiger partial charge >= 0.3 is 11.8 Å². The maximum atomic E-state index is 13.4. The highest BCUT2D eigenvalue weighted by molar-refractivity contribution is 6.39. The van der Waals surface area contributed by atoms with Gasteiger partial charge in [0.2, 0.25) is 0 Å². The molecule has 0 atom stereocenters. The molecule has 21 heavy (non-hydrogen) atoms. The van der Waals surface area contributed by atoms with E-state index >= 15 is 0 Å². The van der Waals surface area contributed by atoms with E-state index in [-0.39, 0.29) is 24.3 Å². The van der Waals surface area contributed by atoms with Gasteiger partial charge in [-0.1, -0.05) is 12.1 Å². The number of amides is 2. The van der Waals surface area contributed by atoms with Crippen molar-refractivity contribution < 1.29 is 19.1 Å². The number of aliphatic hydroxyl groups is 1. The molecule has 1 aliphatic carbocycles. The van der Waals surface area contributed by atoms with Crippen LogP contribution in [-0.4, -0.2) is 29.6 Å². The minimum Gasteiger partial charge on any atom is -0.396 e. The summed E-state index contributed by atoms with van der Waals surface area (Å²) in [5.74, 6) is -1.93. The third kappa shape index (κ3) is 4.26. The van der Waals surface area contributed by atoms with Gasteiger partial charge in [-0.2, -0.15) is 0 Å². The van der Waals surface area contributed by atoms with Crippen LogP contribution in [0.15, 0.2) is 24.3 Å². The topological polar surface area (TPSA) is 78.4 Å². The van der Waals surface area contributed by atoms with E-state index in [2.05, 4.69) is 10.6 Å². The Kier molecular flexibility index (Phi) is 5.27. The Bertz CT molecular complexity index is 513. The molecular formula is C15H19FN2O3. The van der Waals surface area contributed by atoms with Crippen LogP contribution in [0.1, 0.15) is 25.7 Å². The van der Waals surface area contributed by atoms with Gasteiger partial charge in [0.05, 0.1) is 5.69 Å². The quantitative estimate of drug-likeness (QED) is 0.738. The lowest BCUT2D eigenvalue weighted by molar-refractivity contribution is -0.136. The predicted molar refractivity (Wildman–Crippen MR) is 76.0 cm³/mol. The van der Waals surface area contributed by atoms with Crippen LogP contribution in [0, 0.1) is 11.7 Å². The van der Waals surface area contributed by atoms with Gasteiger partial charge in [-0.3, -0.25) is 9.59 Å². The molecule has 0 aliphatic heterocycles. The summed E-state index contributed by atoms with van der Waals surface area (Å²) in [6.45, 7) is 0.161. The Hall–Kier alpha value is -1.95. The molecule has 3 N–H and O–H groups in total. The van der Waals surface area contributed by atoms with Crippen LogP contribution in [0.5, 0.6) is 0 Å². The van der Waals surface area contributed by atoms with Crippen LogP contribution in [0.25, 0.3) is 0 Å². The molecule has 1 aromatic carbocycles. The van der Waals surface area contributed by atoms with E-state index in [4.69, 9.17) is 5.11 Å². The molecule has 0 radical (unpaired) electrons. The maximum Gasteiger partial charge on any atom is 0.313 e. The number of aliphatic hydroxyl groups excluding tert-OH is 1. The zero-order chi connectivity index (χ0) is 15.2. The minimum atomic E-state index is -0.871. The summed E-state index contributed by atoms with van der Waals surface area (Å²) in [4.78, 5) is 23.5. The lowest BCUT2D eigenvalue weighted by Gasteiger charge is -2.27. The summed E-state index contributed by atoms with van der Waals surface area (Å²) < 4.78 is 13.4. The van der Waals surface area contributed by atoms with E-state index < -0.39 is 17.6 Å². The van der Waals surface area contributed by atoms with Crippen molar-refractivity contribution in [2.75, 3.05) is 11.9 Å². The average molecular weight is 294 g/mol. The van der Waals surface area contributed by atoms with Gasteiger partial charge in [0.1, 0.15) is 5.82 Å². The standard InChI is InChI=1S/C15H19FN2O3/c16-12-3-1-2-4-13(12)18-15(21)14(20)17-11-7-5-10(9-19)6-8-11/h1-4,10-11,19H,5-9H2,(H,17,20)(H,18,21). The van der Waals surface area contributed by atoms with Gasteiger partial charge < -0.3 is 15.7 Å². The number of halogens is 1. The van der Waals surface area contributed by atoms with Crippen LogP contribution >= 0.6 is 0 Å². The summed E-state index contributed by atoms with van der Waals surface area (Å²) in [7, 11) is 0. The van der Waals surface area contributed by atoms with E-state index in [9.17, 15) is 14.0 Å². The van der Waals surface area contributed by atoms with E-state index in [0.717, 1.165) is 25.7 Å². The summed E-state index contributed by atoms with van der Waals surface area (Å²) in [5.41, 5.74) is -0.0124. The van der Waals surface area contributed by atoms with Crippen LogP contribution in [0.3, 0.4) is 0 Å². The normalized spacial score (nSPS) is 21.6. The summed E-state index contributed by atoms with van der Waals surface area (Å²) in [6.07, 6.45) is 3.14. The highest BCUT2D eigenvalue weighted by Crippen LogP contribution is 2.23. The van der Waals surface area contributed by atoms with Crippen molar-refractivity contribution in [2.45, 2.75) is 31.7 Å². The number of rotatable bonds is 3. The first-order chi connectivity index (χ1) is 10.1. The molecule has 2 rings (SSSR count). The molecule has 0 saturated heterocycles. The van der Waals surface area contributed by atoms with Crippen molar-refractivity contribution in [3.05, 3.63) is 30.1 Å². The zero-order valence-electron chi connectivity index (χ0n) is 11.6. The first-order valence-corrected chi connectivity index (χ1v) is 7.07. The minimum absolute atomic E-state index is 0.0124. The SMILES string of the molecule is O=C(Nc1ccccc1F)C(=O)NC1CCC(CO)CC1. The lowest BCUT2D eigenvalue weighted by Crippen LogP contribution is -2.43. The van der Waals surface area contributed by atoms with Crippen LogP contribution in [-0.2, 0) is 9.59 Å². The number of carbonyl (C=O) groups excluding carboxylic acids is 2. The highest BCUT2D eigenvalue weighted by atomic mass is 19.1. The average Bonchev–Trinajstić information content (AvgIpc) is 2.50. The van der Waals surface area contributed by atoms with Crippen LogP contribution in [0.2, 0.25) is 0 Å². The van der Waals surface area contributed by atoms with E-state index in [1.807, 2.05) is 0 Å². The Labute approximate surface area is 122 Å². The van der Waals surface area contributed by atoms with Crippen molar-refractivity contribution in [1.82, 2.24) is 5.32 Å². The summed E-state index contributed by atoms with van der Waals surface area (Å²) in [6, 6.07) is 5.63. The molecule has 0 heterocycles. The van der Waals surface area contributed by atoms with Crippen molar-refractivity contribution in [3.63, 3.8) is 0 Å². The number of hydrogen-bond donors (Lipinski definition) is 3. The molecule has 1 aromatic rings. The van der Waals surface area contributed by atoms with Gasteiger partial charge in [-0.15, -0.1) is 0 Å². The number of hydrogen-bond acceptors (Lipinski definition) is 3. The molecule has 1 fully saturated rings. The predicted octanol–water partition coefficient (Wildman–Crippen LogP) is 1.43. The second-order valence-electron chi connectivity index (χ2n) is 5.31. The number of nitrogens with one attached hydrogen (secondary N) is 2. The highest BCUT2D eigenvalue weighted by Gasteiger charge is 2.24. The smallest absolute Gasteiger partial charge is 0.313 e. The lowest BCUT2D eigenvalue weighted by atomic mass is 9.86. The molecule has 0 spiro atoms. The van der Waals surface area contributed by atoms with Crippen LogP contribution in [0.4, 0.5) is 10.1 Å². The largest absolute Gasteiger partial charge is 0.396 e. The first kappa shape index (κ1) is 15.4. The number of para-hydroxylation sites is 1. The first-order valence-electron chi connectivity index (χ1n) is 7.07. The molecule has 114 valence electrons. The summed E-state index contributed by atoms with van der Waals surface area (Å²) in [5, 5.41) is 14.0. The third-order valence-electron chi connectivity index (χ3n) is 3.77. The van der Waals surface area contributed by atoms with E-state index in [1.165, 1.54) is 18.2 Å². The molecule has 0 unspecified atom stereocenters. The fourth-order valence-electron chi connectivity index (χ4n) is 2.48. The summed E-state index contributed by atoms with van der Waals surface area (Å²) >= 11 is 0. The molecule has 1 aliphatic rings. The second-order valence-corrected chi connectivity index (χ2v) is 5.31. The Morgan fingerprint density at radius 3 is 2.43 bits per heavy atom. The van der Waals surface area contributed by atoms with Crippen molar-refractivity contribution in [3.8, 4) is 0 Å². The van der Waals surface area contributed by atoms with Crippen molar-refractivity contribution >= 4 is 17.5 Å². The van der Waals surface area contributed by atoms with E-state index in [0.29, 0.717) is 0 Å². The fourth-order valence-corrected chi connectivity index (χ4v) is 2.48. The molecule has 0 aromatic heterocycles. The fraction of sp³-hybridized carbons (Fsp3) is 0.467. The Morgan fingerprint density at radius 2 is 1.81 bits per heavy atom. The van der Waals surface area contributed by atoms with E-state index in [1.54, 1.807) is 6.07 Å². The van der Waals surface area contributed by atoms with Crippen LogP contribution < -0.4 is 10.6 Å². The van der Waals surface area contributed by atoms with Gasteiger partial charge in [-0.05, 0) is 43.7 Å². The second kappa shape index (κ2) is 7.17. The molecule has 0 bridgehead atoms. The zero-order valence-corrected chi connectivity index (χ0v) is 11.6. The number of carbonyl (C=O) groups is 2. The molecule has 1 saturated carbocycles. The Morgan fingerprint density at radius 1 is 1.14 bits per heavy atom. The van der Waals surface area contributed by atoms with Gasteiger partial charge in [-0.25, -0.2) is 4.39 Å². The van der Waals surface area contributed by atoms with Crippen molar-refractivity contribution in [1.29, 1.82) is 0 Å². The molecular weight excluding hydrogens is 275 g/mol. The third-order valence-corrected chi connectivity index (χ3v) is 3.77. The maximum absolute atomic E-state index is 13.4. The monoisotopic (exact) mass is 294 g/mol. The Balaban J connectivity index is 1.83. The molecule has 2 amide bonds. The van der Waals surface area contributed by atoms with Gasteiger partial charge in [0.25, 0.3) is 0 Å². The molecule has 5 nitrogen and oxygen atoms in total. The molecule has 6 heteroatoms. The number of anilines is 1. The van der Waals surface area contributed by atoms with Gasteiger partial charge in [0, 0.05) is 12.6 Å². The van der Waals surface area contributed by atoms with Crippen molar-refractivity contribution in [2.24, 2.45) is 5.92 Å².